The normalized spacial score (nSPS) is 13.1. The molecule has 1 unspecified atom stereocenters. The van der Waals surface area contributed by atoms with Gasteiger partial charge in [0, 0.05) is 19.3 Å². The lowest BCUT2D eigenvalue weighted by Crippen LogP contribution is -2.30. The van der Waals surface area contributed by atoms with Gasteiger partial charge in [-0.2, -0.15) is 0 Å². The summed E-state index contributed by atoms with van der Waals surface area (Å²) in [5.74, 6) is -0.978. The highest BCUT2D eigenvalue weighted by molar-refractivity contribution is 5.71. The minimum atomic E-state index is -0.810. The third-order valence-corrected chi connectivity index (χ3v) is 10.3. The van der Waals surface area contributed by atoms with Gasteiger partial charge >= 0.3 is 17.9 Å². The Morgan fingerprint density at radius 3 is 1.17 bits per heavy atom. The van der Waals surface area contributed by atoms with E-state index in [0.29, 0.717) is 19.3 Å². The van der Waals surface area contributed by atoms with Gasteiger partial charge in [-0.15, -0.1) is 0 Å². The second-order valence-electron chi connectivity index (χ2n) is 16.5. The van der Waals surface area contributed by atoms with Crippen molar-refractivity contribution >= 4 is 17.9 Å². The van der Waals surface area contributed by atoms with E-state index in [2.05, 4.69) is 81.5 Å². The molecule has 0 aliphatic heterocycles. The van der Waals surface area contributed by atoms with Crippen LogP contribution in [0, 0.1) is 0 Å². The topological polar surface area (TPSA) is 78.9 Å². The van der Waals surface area contributed by atoms with Gasteiger partial charge in [-0.3, -0.25) is 14.4 Å². The van der Waals surface area contributed by atoms with Crippen molar-refractivity contribution in [3.8, 4) is 0 Å². The average Bonchev–Trinajstić information content (AvgIpc) is 3.29. The molecular weight excluding hydrogens is 793 g/mol. The quantitative estimate of drug-likeness (QED) is 0.0199. The molecule has 0 aliphatic rings. The number of esters is 3. The van der Waals surface area contributed by atoms with Crippen molar-refractivity contribution in [2.75, 3.05) is 13.2 Å². The summed E-state index contributed by atoms with van der Waals surface area (Å²) in [6.45, 7) is 6.27. The van der Waals surface area contributed by atoms with Gasteiger partial charge in [0.15, 0.2) is 6.10 Å². The zero-order chi connectivity index (χ0) is 46.5. The van der Waals surface area contributed by atoms with Gasteiger partial charge in [0.2, 0.25) is 0 Å². The zero-order valence-electron chi connectivity index (χ0n) is 41.0. The molecule has 1 atom stereocenters. The Labute approximate surface area is 392 Å². The Morgan fingerprint density at radius 2 is 0.688 bits per heavy atom. The van der Waals surface area contributed by atoms with Crippen molar-refractivity contribution in [3.05, 3.63) is 122 Å². The van der Waals surface area contributed by atoms with Crippen LogP contribution in [-0.4, -0.2) is 37.2 Å². The van der Waals surface area contributed by atoms with Crippen LogP contribution >= 0.6 is 0 Å². The summed E-state index contributed by atoms with van der Waals surface area (Å²) in [5.41, 5.74) is 0. The van der Waals surface area contributed by atoms with E-state index < -0.39 is 6.10 Å². The van der Waals surface area contributed by atoms with E-state index >= 15 is 0 Å². The van der Waals surface area contributed by atoms with Gasteiger partial charge in [-0.05, 0) is 89.9 Å². The highest BCUT2D eigenvalue weighted by atomic mass is 16.6. The summed E-state index contributed by atoms with van der Waals surface area (Å²) in [5, 5.41) is 0. The Kier molecular flexibility index (Phi) is 48.1. The maximum atomic E-state index is 12.8. The van der Waals surface area contributed by atoms with Crippen molar-refractivity contribution in [2.24, 2.45) is 0 Å². The molecule has 6 heteroatoms. The minimum absolute atomic E-state index is 0.106. The maximum absolute atomic E-state index is 12.8. The predicted molar refractivity (Wildman–Crippen MR) is 274 cm³/mol. The number of carbonyl (C=O) groups excluding carboxylic acids is 3. The standard InChI is InChI=1S/C58H92O6/c1-4-7-10-13-16-19-22-24-26-28-29-31-32-34-36-39-42-45-48-51-57(60)63-54-55(53-62-56(59)50-47-44-41-38-21-18-15-12-9-6-3)64-58(61)52-49-46-43-40-37-35-33-30-27-25-23-20-17-14-11-8-5-2/h7-8,10-11,14-20,23-27,30,33,35,37,55H,4-6,9,12-13,21-22,28-29,31-32,34,36,38-54H2,1-3H3/b10-7-,11-8-,17-14-,18-15-,19-16-,23-20-,26-24-,27-25-,33-30+,37-35-. The van der Waals surface area contributed by atoms with Crippen molar-refractivity contribution in [3.63, 3.8) is 0 Å². The largest absolute Gasteiger partial charge is 0.462 e. The molecule has 64 heavy (non-hydrogen) atoms. The summed E-state index contributed by atoms with van der Waals surface area (Å²) in [6, 6.07) is 0. The second kappa shape index (κ2) is 51.4. The van der Waals surface area contributed by atoms with Crippen molar-refractivity contribution in [1.82, 2.24) is 0 Å². The minimum Gasteiger partial charge on any atom is -0.462 e. The Bertz CT molecular complexity index is 1390. The van der Waals surface area contributed by atoms with E-state index in [0.717, 1.165) is 109 Å². The molecule has 0 aromatic heterocycles. The third kappa shape index (κ3) is 48.8. The summed E-state index contributed by atoms with van der Waals surface area (Å²) >= 11 is 0. The molecule has 0 rings (SSSR count). The van der Waals surface area contributed by atoms with Crippen LogP contribution in [-0.2, 0) is 28.6 Å². The highest BCUT2D eigenvalue weighted by Crippen LogP contribution is 2.14. The number of carbonyl (C=O) groups is 3. The van der Waals surface area contributed by atoms with Gasteiger partial charge in [0.25, 0.3) is 0 Å². The first-order valence-electron chi connectivity index (χ1n) is 25.6. The molecule has 0 aliphatic carbocycles. The van der Waals surface area contributed by atoms with Crippen LogP contribution in [0.25, 0.3) is 0 Å². The molecular formula is C58H92O6. The SMILES string of the molecule is CC\C=C/C=C\C=C/C=C\C=C\C=C/CCCCCC(=O)OC(COC(=O)CCCCCC/C=C\CCCC)COC(=O)CCCCCCCCCCC/C=C\C/C=C\C/C=C\CC. The predicted octanol–water partition coefficient (Wildman–Crippen LogP) is 16.9. The van der Waals surface area contributed by atoms with Crippen molar-refractivity contribution in [1.29, 1.82) is 0 Å². The van der Waals surface area contributed by atoms with E-state index in [4.69, 9.17) is 14.2 Å². The van der Waals surface area contributed by atoms with E-state index in [1.807, 2.05) is 60.8 Å². The van der Waals surface area contributed by atoms with Crippen LogP contribution in [0.2, 0.25) is 0 Å². The summed E-state index contributed by atoms with van der Waals surface area (Å²) < 4.78 is 16.7. The molecule has 0 spiro atoms. The van der Waals surface area contributed by atoms with Crippen molar-refractivity contribution < 1.29 is 28.6 Å². The molecule has 0 fully saturated rings. The van der Waals surface area contributed by atoms with Crippen LogP contribution in [0.1, 0.15) is 207 Å². The lowest BCUT2D eigenvalue weighted by molar-refractivity contribution is -0.167. The van der Waals surface area contributed by atoms with Crippen LogP contribution in [0.4, 0.5) is 0 Å². The van der Waals surface area contributed by atoms with E-state index in [-0.39, 0.29) is 37.5 Å². The van der Waals surface area contributed by atoms with Gasteiger partial charge < -0.3 is 14.2 Å². The van der Waals surface area contributed by atoms with Gasteiger partial charge in [0.05, 0.1) is 0 Å². The Morgan fingerprint density at radius 1 is 0.344 bits per heavy atom. The number of hydrogen-bond donors (Lipinski definition) is 0. The van der Waals surface area contributed by atoms with E-state index in [9.17, 15) is 14.4 Å². The second-order valence-corrected chi connectivity index (χ2v) is 16.5. The first kappa shape index (κ1) is 59.8. The molecule has 0 aromatic carbocycles. The van der Waals surface area contributed by atoms with E-state index in [1.165, 1.54) is 51.4 Å². The smallest absolute Gasteiger partial charge is 0.306 e. The molecule has 0 N–H and O–H groups in total. The maximum Gasteiger partial charge on any atom is 0.306 e. The third-order valence-electron chi connectivity index (χ3n) is 10.3. The molecule has 360 valence electrons. The lowest BCUT2D eigenvalue weighted by atomic mass is 10.1. The number of unbranched alkanes of at least 4 members (excludes halogenated alkanes) is 18. The molecule has 0 amide bonds. The molecule has 0 aromatic rings. The van der Waals surface area contributed by atoms with E-state index in [1.54, 1.807) is 0 Å². The average molecular weight is 885 g/mol. The fourth-order valence-electron chi connectivity index (χ4n) is 6.53. The fourth-order valence-corrected chi connectivity index (χ4v) is 6.53. The molecule has 0 heterocycles. The summed E-state index contributed by atoms with van der Waals surface area (Å²) in [4.78, 5) is 37.9. The first-order valence-corrected chi connectivity index (χ1v) is 25.6. The summed E-state index contributed by atoms with van der Waals surface area (Å²) in [6.07, 6.45) is 70.4. The molecule has 0 saturated heterocycles. The summed E-state index contributed by atoms with van der Waals surface area (Å²) in [7, 11) is 0. The van der Waals surface area contributed by atoms with Gasteiger partial charge in [-0.25, -0.2) is 0 Å². The van der Waals surface area contributed by atoms with Gasteiger partial charge in [0.1, 0.15) is 13.2 Å². The van der Waals surface area contributed by atoms with Crippen LogP contribution in [0.15, 0.2) is 122 Å². The number of allylic oxidation sites excluding steroid dienone is 20. The number of ether oxygens (including phenoxy) is 3. The Balaban J connectivity index is 4.46. The number of hydrogen-bond acceptors (Lipinski definition) is 6. The van der Waals surface area contributed by atoms with Crippen LogP contribution in [0.5, 0.6) is 0 Å². The first-order chi connectivity index (χ1) is 31.5. The van der Waals surface area contributed by atoms with Crippen LogP contribution in [0.3, 0.4) is 0 Å². The fraction of sp³-hybridized carbons (Fsp3) is 0.603. The zero-order valence-corrected chi connectivity index (χ0v) is 41.0. The van der Waals surface area contributed by atoms with Crippen LogP contribution < -0.4 is 0 Å². The molecule has 0 saturated carbocycles. The van der Waals surface area contributed by atoms with Crippen molar-refractivity contribution in [2.45, 2.75) is 213 Å². The monoisotopic (exact) mass is 885 g/mol. The lowest BCUT2D eigenvalue weighted by Gasteiger charge is -2.18. The molecule has 0 radical (unpaired) electrons. The van der Waals surface area contributed by atoms with Gasteiger partial charge in [-0.1, -0.05) is 219 Å². The number of rotatable bonds is 44. The highest BCUT2D eigenvalue weighted by Gasteiger charge is 2.19. The molecule has 6 nitrogen and oxygen atoms in total. The molecule has 0 bridgehead atoms. The Hall–Kier alpha value is -4.19.